The van der Waals surface area contributed by atoms with E-state index in [1.165, 1.54) is 6.17 Å². The maximum Gasteiger partial charge on any atom is 0.0601 e. The smallest absolute Gasteiger partial charge is 0.0601 e. The zero-order valence-electron chi connectivity index (χ0n) is 4.20. The van der Waals surface area contributed by atoms with Crippen molar-refractivity contribution < 1.29 is 0 Å². The van der Waals surface area contributed by atoms with Gasteiger partial charge < -0.3 is 5.32 Å². The van der Waals surface area contributed by atoms with Gasteiger partial charge in [-0.25, -0.2) is 0 Å². The molecule has 0 rings (SSSR count). The summed E-state index contributed by atoms with van der Waals surface area (Å²) in [7, 11) is 2.04. The first kappa shape index (κ1) is 5.92. The molecule has 0 saturated heterocycles. The van der Waals surface area contributed by atoms with E-state index >= 15 is 0 Å². The van der Waals surface area contributed by atoms with Gasteiger partial charge in [0, 0.05) is 0 Å². The normalized spacial score (nSPS) is 10.2. The maximum atomic E-state index is 3.62. The molecule has 0 aromatic rings. The van der Waals surface area contributed by atoms with Crippen molar-refractivity contribution in [1.82, 2.24) is 5.32 Å². The molecule has 0 saturated carbocycles. The van der Waals surface area contributed by atoms with Crippen LogP contribution in [0.1, 0.15) is 0 Å². The highest BCUT2D eigenvalue weighted by atomic mass is 28.2. The fraction of sp³-hybridized carbons (Fsp3) is 0.500. The lowest BCUT2D eigenvalue weighted by molar-refractivity contribution is 0.970. The molecule has 0 fully saturated rings. The summed E-state index contributed by atoms with van der Waals surface area (Å²) in [4.78, 5) is 0. The van der Waals surface area contributed by atoms with Crippen molar-refractivity contribution in [3.05, 3.63) is 12.3 Å². The largest absolute Gasteiger partial charge is 0.323 e. The summed E-state index contributed by atoms with van der Waals surface area (Å²) in [6.45, 7) is 3.62. The molecule has 2 heteroatoms. The van der Waals surface area contributed by atoms with E-state index in [0.29, 0.717) is 0 Å². The van der Waals surface area contributed by atoms with E-state index in [1.807, 2.05) is 12.7 Å². The zero-order valence-corrected chi connectivity index (χ0v) is 5.61. The van der Waals surface area contributed by atoms with Crippen LogP contribution in [0.5, 0.6) is 0 Å². The predicted octanol–water partition coefficient (Wildman–Crippen LogP) is -0.524. The molecule has 0 aliphatic heterocycles. The van der Waals surface area contributed by atoms with Gasteiger partial charge in [0.25, 0.3) is 0 Å². The van der Waals surface area contributed by atoms with Crippen molar-refractivity contribution in [2.45, 2.75) is 0 Å². The van der Waals surface area contributed by atoms with Gasteiger partial charge >= 0.3 is 0 Å². The topological polar surface area (TPSA) is 12.0 Å². The molecular weight excluding hydrogens is 90.1 g/mol. The first-order chi connectivity index (χ1) is 2.91. The van der Waals surface area contributed by atoms with E-state index in [9.17, 15) is 0 Å². The monoisotopic (exact) mass is 101 g/mol. The van der Waals surface area contributed by atoms with E-state index in [0.717, 1.165) is 0 Å². The molecule has 0 unspecified atom stereocenters. The molecule has 6 heavy (non-hydrogen) atoms. The van der Waals surface area contributed by atoms with Crippen LogP contribution in [-0.2, 0) is 0 Å². The molecule has 0 aromatic carbocycles. The Labute approximate surface area is 41.3 Å². The molecule has 0 amide bonds. The molecule has 0 bridgehead atoms. The molecule has 0 radical (unpaired) electrons. The average molecular weight is 101 g/mol. The van der Waals surface area contributed by atoms with Crippen LogP contribution in [0.4, 0.5) is 0 Å². The second-order valence-electron chi connectivity index (χ2n) is 1.18. The van der Waals surface area contributed by atoms with Gasteiger partial charge in [0.05, 0.1) is 9.52 Å². The van der Waals surface area contributed by atoms with Crippen molar-refractivity contribution in [1.29, 1.82) is 0 Å². The molecule has 0 aromatic heterocycles. The Morgan fingerprint density at radius 3 is 2.83 bits per heavy atom. The number of rotatable bonds is 3. The van der Waals surface area contributed by atoms with Gasteiger partial charge in [0.2, 0.25) is 0 Å². The Morgan fingerprint density at radius 1 is 2.00 bits per heavy atom. The third-order valence-corrected chi connectivity index (χ3v) is 1.80. The Balaban J connectivity index is 2.49. The summed E-state index contributed by atoms with van der Waals surface area (Å²) in [6.07, 6.45) is 1.18. The second kappa shape index (κ2) is 4.92. The van der Waals surface area contributed by atoms with E-state index in [-0.39, 0.29) is 9.52 Å². The molecule has 0 spiro atoms. The standard InChI is InChI=1S/C4H11NSi/c1-3-6-4-5-2/h3,5H,1,4,6H2,2H3. The van der Waals surface area contributed by atoms with Crippen LogP contribution >= 0.6 is 0 Å². The Kier molecular flexibility index (Phi) is 4.85. The highest BCUT2D eigenvalue weighted by Crippen LogP contribution is 1.52. The van der Waals surface area contributed by atoms with Crippen LogP contribution in [0, 0.1) is 0 Å². The molecule has 0 heterocycles. The molecule has 0 aliphatic carbocycles. The Bertz CT molecular complexity index is 36.5. The minimum atomic E-state index is 0.0745. The number of nitrogens with one attached hydrogen (secondary N) is 1. The van der Waals surface area contributed by atoms with Gasteiger partial charge in [0.1, 0.15) is 0 Å². The molecular formula is C4H11NSi. The van der Waals surface area contributed by atoms with Gasteiger partial charge in [0.15, 0.2) is 0 Å². The van der Waals surface area contributed by atoms with E-state index in [2.05, 4.69) is 11.9 Å². The van der Waals surface area contributed by atoms with Crippen LogP contribution in [-0.4, -0.2) is 22.7 Å². The lowest BCUT2D eigenvalue weighted by atomic mass is 11.2. The minimum absolute atomic E-state index is 0.0745. The van der Waals surface area contributed by atoms with E-state index in [1.54, 1.807) is 0 Å². The Hall–Kier alpha value is -0.0831. The number of hydrogen-bond acceptors (Lipinski definition) is 1. The van der Waals surface area contributed by atoms with Crippen LogP contribution in [0.15, 0.2) is 12.3 Å². The molecule has 36 valence electrons. The average Bonchev–Trinajstić information content (AvgIpc) is 1.61. The predicted molar refractivity (Wildman–Crippen MR) is 32.7 cm³/mol. The SMILES string of the molecule is C=C[SiH2]CNC. The van der Waals surface area contributed by atoms with Gasteiger partial charge in [-0.2, -0.15) is 0 Å². The third kappa shape index (κ3) is 3.92. The molecule has 0 atom stereocenters. The van der Waals surface area contributed by atoms with Crippen LogP contribution in [0.3, 0.4) is 0 Å². The summed E-state index contributed by atoms with van der Waals surface area (Å²) < 4.78 is 0. The highest BCUT2D eigenvalue weighted by Gasteiger charge is 1.70. The van der Waals surface area contributed by atoms with E-state index in [4.69, 9.17) is 0 Å². The first-order valence-electron chi connectivity index (χ1n) is 2.17. The minimum Gasteiger partial charge on any atom is -0.323 e. The van der Waals surface area contributed by atoms with Crippen LogP contribution in [0.2, 0.25) is 0 Å². The lowest BCUT2D eigenvalue weighted by Crippen LogP contribution is -2.12. The lowest BCUT2D eigenvalue weighted by Gasteiger charge is -1.85. The van der Waals surface area contributed by atoms with Crippen molar-refractivity contribution in [3.63, 3.8) is 0 Å². The summed E-state index contributed by atoms with van der Waals surface area (Å²) in [6, 6.07) is 0. The summed E-state index contributed by atoms with van der Waals surface area (Å²) in [5.41, 5.74) is 2.04. The van der Waals surface area contributed by atoms with Crippen LogP contribution in [0.25, 0.3) is 0 Å². The Morgan fingerprint density at radius 2 is 2.67 bits per heavy atom. The molecule has 1 N–H and O–H groups in total. The van der Waals surface area contributed by atoms with Crippen LogP contribution < -0.4 is 5.32 Å². The summed E-state index contributed by atoms with van der Waals surface area (Å²) >= 11 is 0. The van der Waals surface area contributed by atoms with Crippen molar-refractivity contribution in [3.8, 4) is 0 Å². The maximum absolute atomic E-state index is 3.62. The van der Waals surface area contributed by atoms with E-state index < -0.39 is 0 Å². The fourth-order valence-corrected chi connectivity index (χ4v) is 0.739. The van der Waals surface area contributed by atoms with Crippen molar-refractivity contribution >= 4 is 9.52 Å². The highest BCUT2D eigenvalue weighted by molar-refractivity contribution is 6.41. The van der Waals surface area contributed by atoms with Crippen molar-refractivity contribution in [2.24, 2.45) is 0 Å². The van der Waals surface area contributed by atoms with Crippen molar-refractivity contribution in [2.75, 3.05) is 13.2 Å². The molecule has 0 aliphatic rings. The first-order valence-corrected chi connectivity index (χ1v) is 3.99. The fourth-order valence-electron chi connectivity index (χ4n) is 0.246. The quantitative estimate of drug-likeness (QED) is 0.372. The van der Waals surface area contributed by atoms with Gasteiger partial charge in [-0.3, -0.25) is 0 Å². The molecule has 1 nitrogen and oxygen atoms in total. The summed E-state index contributed by atoms with van der Waals surface area (Å²) in [5, 5.41) is 3.06. The van der Waals surface area contributed by atoms with Gasteiger partial charge in [-0.1, -0.05) is 0 Å². The summed E-state index contributed by atoms with van der Waals surface area (Å²) in [5.74, 6) is 0. The van der Waals surface area contributed by atoms with Gasteiger partial charge in [-0.15, -0.1) is 12.3 Å². The zero-order chi connectivity index (χ0) is 4.83. The van der Waals surface area contributed by atoms with Gasteiger partial charge in [-0.05, 0) is 13.2 Å². The third-order valence-electron chi connectivity index (χ3n) is 0.598. The second-order valence-corrected chi connectivity index (χ2v) is 2.84. The number of hydrogen-bond donors (Lipinski definition) is 1.